The van der Waals surface area contributed by atoms with Gasteiger partial charge in [-0.3, -0.25) is 4.79 Å². The van der Waals surface area contributed by atoms with Crippen LogP contribution in [0, 0.1) is 0 Å². The Kier molecular flexibility index (Phi) is 4.42. The van der Waals surface area contributed by atoms with Crippen LogP contribution in [0.5, 0.6) is 5.75 Å². The van der Waals surface area contributed by atoms with Crippen LogP contribution in [-0.4, -0.2) is 12.5 Å². The molecule has 0 saturated carbocycles. The first kappa shape index (κ1) is 13.4. The molecule has 0 radical (unpaired) electrons. The molecule has 1 unspecified atom stereocenters. The van der Waals surface area contributed by atoms with E-state index in [1.807, 2.05) is 30.3 Å². The summed E-state index contributed by atoms with van der Waals surface area (Å²) >= 11 is 5.79. The van der Waals surface area contributed by atoms with Crippen molar-refractivity contribution in [3.05, 3.63) is 65.2 Å². The fourth-order valence-electron chi connectivity index (χ4n) is 1.74. The number of nitrogens with two attached hydrogens (primary N) is 1. The second-order valence-corrected chi connectivity index (χ2v) is 4.57. The highest BCUT2D eigenvalue weighted by Crippen LogP contribution is 2.20. The third kappa shape index (κ3) is 3.73. The molecule has 2 N–H and O–H groups in total. The highest BCUT2D eigenvalue weighted by molar-refractivity contribution is 6.30. The highest BCUT2D eigenvalue weighted by atomic mass is 35.5. The first-order valence-corrected chi connectivity index (χ1v) is 6.27. The Morgan fingerprint density at radius 3 is 2.32 bits per heavy atom. The van der Waals surface area contributed by atoms with Gasteiger partial charge in [0.2, 0.25) is 5.91 Å². The minimum atomic E-state index is -0.461. The summed E-state index contributed by atoms with van der Waals surface area (Å²) in [7, 11) is 0. The van der Waals surface area contributed by atoms with Gasteiger partial charge in [-0.1, -0.05) is 41.9 Å². The zero-order valence-electron chi connectivity index (χ0n) is 10.3. The molecule has 2 rings (SSSR count). The van der Waals surface area contributed by atoms with Crippen LogP contribution in [0.1, 0.15) is 11.5 Å². The molecule has 19 heavy (non-hydrogen) atoms. The summed E-state index contributed by atoms with van der Waals surface area (Å²) < 4.78 is 5.58. The molecular weight excluding hydrogens is 262 g/mol. The second kappa shape index (κ2) is 6.25. The predicted molar refractivity (Wildman–Crippen MR) is 75.3 cm³/mol. The first-order chi connectivity index (χ1) is 9.16. The van der Waals surface area contributed by atoms with E-state index in [0.717, 1.165) is 5.56 Å². The van der Waals surface area contributed by atoms with E-state index in [4.69, 9.17) is 22.1 Å². The molecule has 1 amide bonds. The molecule has 0 aliphatic rings. The van der Waals surface area contributed by atoms with Crippen molar-refractivity contribution in [2.45, 2.75) is 5.92 Å². The average molecular weight is 276 g/mol. The number of carbonyl (C=O) groups is 1. The van der Waals surface area contributed by atoms with Gasteiger partial charge >= 0.3 is 0 Å². The first-order valence-electron chi connectivity index (χ1n) is 5.89. The number of amides is 1. The normalized spacial score (nSPS) is 11.8. The summed E-state index contributed by atoms with van der Waals surface area (Å²) in [6.45, 7) is 0.209. The van der Waals surface area contributed by atoms with Crippen molar-refractivity contribution in [2.24, 2.45) is 5.73 Å². The zero-order valence-corrected chi connectivity index (χ0v) is 11.0. The predicted octanol–water partition coefficient (Wildman–Crippen LogP) is 2.99. The quantitative estimate of drug-likeness (QED) is 0.912. The number of rotatable bonds is 5. The van der Waals surface area contributed by atoms with E-state index in [9.17, 15) is 4.79 Å². The summed E-state index contributed by atoms with van der Waals surface area (Å²) in [4.78, 5) is 11.5. The van der Waals surface area contributed by atoms with Crippen molar-refractivity contribution in [1.29, 1.82) is 0 Å². The second-order valence-electron chi connectivity index (χ2n) is 4.13. The van der Waals surface area contributed by atoms with E-state index >= 15 is 0 Å². The summed E-state index contributed by atoms with van der Waals surface area (Å²) in [6, 6.07) is 16.3. The molecule has 4 heteroatoms. The molecule has 2 aromatic carbocycles. The van der Waals surface area contributed by atoms with E-state index in [2.05, 4.69) is 0 Å². The minimum absolute atomic E-state index is 0.209. The third-order valence-electron chi connectivity index (χ3n) is 2.78. The maximum absolute atomic E-state index is 11.5. The van der Waals surface area contributed by atoms with E-state index in [1.54, 1.807) is 24.3 Å². The number of halogens is 1. The highest BCUT2D eigenvalue weighted by Gasteiger charge is 2.18. The van der Waals surface area contributed by atoms with Crippen molar-refractivity contribution in [3.63, 3.8) is 0 Å². The van der Waals surface area contributed by atoms with Crippen LogP contribution >= 0.6 is 11.6 Å². The van der Waals surface area contributed by atoms with Crippen molar-refractivity contribution < 1.29 is 9.53 Å². The number of hydrogen-bond donors (Lipinski definition) is 1. The maximum atomic E-state index is 11.5. The number of benzene rings is 2. The average Bonchev–Trinajstić information content (AvgIpc) is 2.42. The molecule has 3 nitrogen and oxygen atoms in total. The van der Waals surface area contributed by atoms with Gasteiger partial charge in [0.1, 0.15) is 12.4 Å². The van der Waals surface area contributed by atoms with Crippen LogP contribution in [0.25, 0.3) is 0 Å². The van der Waals surface area contributed by atoms with Gasteiger partial charge in [-0.15, -0.1) is 0 Å². The fourth-order valence-corrected chi connectivity index (χ4v) is 1.86. The van der Waals surface area contributed by atoms with Crippen molar-refractivity contribution in [2.75, 3.05) is 6.61 Å². The van der Waals surface area contributed by atoms with Gasteiger partial charge in [0.25, 0.3) is 0 Å². The maximum Gasteiger partial charge on any atom is 0.228 e. The molecule has 0 aliphatic heterocycles. The van der Waals surface area contributed by atoms with Crippen LogP contribution in [0.3, 0.4) is 0 Å². The Hall–Kier alpha value is -2.00. The lowest BCUT2D eigenvalue weighted by atomic mass is 10.00. The molecular formula is C15H14ClNO2. The van der Waals surface area contributed by atoms with Crippen LogP contribution in [-0.2, 0) is 4.79 Å². The van der Waals surface area contributed by atoms with Gasteiger partial charge in [-0.25, -0.2) is 0 Å². The molecule has 0 bridgehead atoms. The minimum Gasteiger partial charge on any atom is -0.492 e. The molecule has 1 atom stereocenters. The lowest BCUT2D eigenvalue weighted by Crippen LogP contribution is -2.26. The third-order valence-corrected chi connectivity index (χ3v) is 3.03. The Bertz CT molecular complexity index is 540. The van der Waals surface area contributed by atoms with E-state index in [0.29, 0.717) is 10.8 Å². The van der Waals surface area contributed by atoms with Crippen molar-refractivity contribution in [1.82, 2.24) is 0 Å². The van der Waals surface area contributed by atoms with Crippen LogP contribution in [0.15, 0.2) is 54.6 Å². The Labute approximate surface area is 117 Å². The molecule has 0 aromatic heterocycles. The topological polar surface area (TPSA) is 52.3 Å². The number of hydrogen-bond acceptors (Lipinski definition) is 2. The number of primary amides is 1. The largest absolute Gasteiger partial charge is 0.492 e. The SMILES string of the molecule is NC(=O)C(COc1ccc(Cl)cc1)c1ccccc1. The van der Waals surface area contributed by atoms with Crippen LogP contribution < -0.4 is 10.5 Å². The van der Waals surface area contributed by atoms with E-state index in [-0.39, 0.29) is 6.61 Å². The van der Waals surface area contributed by atoms with Gasteiger partial charge < -0.3 is 10.5 Å². The Morgan fingerprint density at radius 2 is 1.74 bits per heavy atom. The lowest BCUT2D eigenvalue weighted by molar-refractivity contribution is -0.120. The summed E-state index contributed by atoms with van der Waals surface area (Å²) in [5, 5.41) is 0.641. The fraction of sp³-hybridized carbons (Fsp3) is 0.133. The Balaban J connectivity index is 2.06. The van der Waals surface area contributed by atoms with Gasteiger partial charge in [0, 0.05) is 5.02 Å². The molecule has 0 aliphatic carbocycles. The van der Waals surface area contributed by atoms with Gasteiger partial charge in [-0.05, 0) is 29.8 Å². The summed E-state index contributed by atoms with van der Waals surface area (Å²) in [5.74, 6) is -0.205. The van der Waals surface area contributed by atoms with E-state index < -0.39 is 11.8 Å². The standard InChI is InChI=1S/C15H14ClNO2/c16-12-6-8-13(9-7-12)19-10-14(15(17)18)11-4-2-1-3-5-11/h1-9,14H,10H2,(H2,17,18). The van der Waals surface area contributed by atoms with Crippen molar-refractivity contribution in [3.8, 4) is 5.75 Å². The van der Waals surface area contributed by atoms with Crippen LogP contribution in [0.4, 0.5) is 0 Å². The molecule has 2 aromatic rings. The van der Waals surface area contributed by atoms with E-state index in [1.165, 1.54) is 0 Å². The monoisotopic (exact) mass is 275 g/mol. The summed E-state index contributed by atoms with van der Waals surface area (Å²) in [6.07, 6.45) is 0. The van der Waals surface area contributed by atoms with Gasteiger partial charge in [0.05, 0.1) is 5.92 Å². The molecule has 0 saturated heterocycles. The molecule has 98 valence electrons. The smallest absolute Gasteiger partial charge is 0.228 e. The molecule has 0 heterocycles. The lowest BCUT2D eigenvalue weighted by Gasteiger charge is -2.15. The van der Waals surface area contributed by atoms with Gasteiger partial charge in [-0.2, -0.15) is 0 Å². The van der Waals surface area contributed by atoms with Crippen LogP contribution in [0.2, 0.25) is 5.02 Å². The number of carbonyl (C=O) groups excluding carboxylic acids is 1. The Morgan fingerprint density at radius 1 is 1.11 bits per heavy atom. The number of ether oxygens (including phenoxy) is 1. The zero-order chi connectivity index (χ0) is 13.7. The summed E-state index contributed by atoms with van der Waals surface area (Å²) in [5.41, 5.74) is 6.27. The molecule has 0 spiro atoms. The van der Waals surface area contributed by atoms with Crippen molar-refractivity contribution >= 4 is 17.5 Å². The molecule has 0 fully saturated rings. The van der Waals surface area contributed by atoms with Gasteiger partial charge in [0.15, 0.2) is 0 Å².